The molecule has 254 valence electrons. The molecule has 0 fully saturated rings. The molecule has 0 spiro atoms. The maximum Gasteiger partial charge on any atom is 0.136 e. The van der Waals surface area contributed by atoms with Crippen LogP contribution in [0.25, 0.3) is 82.1 Å². The van der Waals surface area contributed by atoms with E-state index in [0.717, 1.165) is 16.9 Å². The highest BCUT2D eigenvalue weighted by Gasteiger charge is 2.36. The molecule has 0 bridgehead atoms. The highest BCUT2D eigenvalue weighted by atomic mass is 16.3. The van der Waals surface area contributed by atoms with Gasteiger partial charge in [-0.05, 0) is 96.9 Å². The normalized spacial score (nSPS) is 14.2. The fourth-order valence-electron chi connectivity index (χ4n) is 10.1. The quantitative estimate of drug-likeness (QED) is 0.168. The topological polar surface area (TPSA) is 18.1 Å². The molecule has 1 unspecified atom stereocenters. The second kappa shape index (κ2) is 10.7. The van der Waals surface area contributed by atoms with Gasteiger partial charge in [-0.1, -0.05) is 147 Å². The number of hydrogen-bond acceptors (Lipinski definition) is 1. The Morgan fingerprint density at radius 2 is 1.04 bits per heavy atom. The molecule has 0 radical (unpaired) electrons. The van der Waals surface area contributed by atoms with Crippen molar-refractivity contribution in [3.63, 3.8) is 0 Å². The molecule has 0 N–H and O–H groups in total. The Kier molecular flexibility index (Phi) is 5.93. The largest absolute Gasteiger partial charge is 0.456 e. The molecule has 2 aromatic heterocycles. The molecule has 2 heterocycles. The van der Waals surface area contributed by atoms with Crippen LogP contribution in [-0.4, -0.2) is 4.57 Å². The van der Waals surface area contributed by atoms with Gasteiger partial charge < -0.3 is 8.98 Å². The van der Waals surface area contributed by atoms with Gasteiger partial charge in [-0.3, -0.25) is 0 Å². The lowest BCUT2D eigenvalue weighted by Gasteiger charge is -2.24. The van der Waals surface area contributed by atoms with E-state index in [2.05, 4.69) is 188 Å². The van der Waals surface area contributed by atoms with Crippen LogP contribution in [0.5, 0.6) is 0 Å². The Morgan fingerprint density at radius 1 is 0.426 bits per heavy atom. The van der Waals surface area contributed by atoms with E-state index in [0.29, 0.717) is 0 Å². The molecular formula is C52H35NO. The van der Waals surface area contributed by atoms with Crippen molar-refractivity contribution in [3.05, 3.63) is 198 Å². The molecule has 11 aromatic rings. The molecule has 12 rings (SSSR count). The minimum Gasteiger partial charge on any atom is -0.456 e. The van der Waals surface area contributed by atoms with Crippen LogP contribution in [0.2, 0.25) is 0 Å². The Balaban J connectivity index is 1.08. The third-order valence-corrected chi connectivity index (χ3v) is 12.5. The number of nitrogens with zero attached hydrogens (tertiary/aromatic N) is 1. The van der Waals surface area contributed by atoms with E-state index in [1.54, 1.807) is 0 Å². The summed E-state index contributed by atoms with van der Waals surface area (Å²) < 4.78 is 9.04. The van der Waals surface area contributed by atoms with Crippen LogP contribution < -0.4 is 0 Å². The van der Waals surface area contributed by atoms with Crippen molar-refractivity contribution in [3.8, 4) is 16.8 Å². The standard InChI is InChI=1S/C52H35NO/c1-52(2)41-19-9-8-16-37(41)38-27-24-33(30-42(38)52)47(31-12-4-3-5-13-31)32-22-25-34(26-23-32)53-43-20-10-17-39-35-14-6-7-15-36(35)40-18-11-21-45-49(40)51-46(54-45)29-28-44(53)50(51)48(39)43/h3-30,47H,1-2H3. The predicted molar refractivity (Wildman–Crippen MR) is 226 cm³/mol. The van der Waals surface area contributed by atoms with Crippen LogP contribution in [0, 0.1) is 0 Å². The summed E-state index contributed by atoms with van der Waals surface area (Å²) in [5.74, 6) is 0.0933. The van der Waals surface area contributed by atoms with Crippen molar-refractivity contribution < 1.29 is 4.42 Å². The first-order valence-corrected chi connectivity index (χ1v) is 19.0. The zero-order valence-corrected chi connectivity index (χ0v) is 30.1. The van der Waals surface area contributed by atoms with Crippen LogP contribution in [0.4, 0.5) is 0 Å². The van der Waals surface area contributed by atoms with Gasteiger partial charge >= 0.3 is 0 Å². The van der Waals surface area contributed by atoms with Crippen molar-refractivity contribution in [1.82, 2.24) is 4.57 Å². The van der Waals surface area contributed by atoms with Gasteiger partial charge in [0.15, 0.2) is 0 Å². The zero-order chi connectivity index (χ0) is 35.7. The van der Waals surface area contributed by atoms with Crippen LogP contribution >= 0.6 is 0 Å². The number of hydrogen-bond donors (Lipinski definition) is 0. The maximum atomic E-state index is 6.58. The molecule has 1 aliphatic rings. The van der Waals surface area contributed by atoms with E-state index in [-0.39, 0.29) is 11.3 Å². The number of benzene rings is 8. The van der Waals surface area contributed by atoms with Gasteiger partial charge in [-0.25, -0.2) is 0 Å². The van der Waals surface area contributed by atoms with Crippen molar-refractivity contribution in [2.75, 3.05) is 0 Å². The van der Waals surface area contributed by atoms with E-state index in [4.69, 9.17) is 4.42 Å². The molecule has 9 aromatic carbocycles. The average Bonchev–Trinajstić information content (AvgIpc) is 3.84. The molecule has 2 nitrogen and oxygen atoms in total. The molecule has 0 aliphatic heterocycles. The SMILES string of the molecule is CC1(C)c2ccccc2-c2ccc(C(c3ccccc3)c3ccc(-n4c5cccc6c7ccccc7c7cccc8oc9ccc4c(c9c87)c65)cc3)cc21. The molecule has 2 heteroatoms. The van der Waals surface area contributed by atoms with Gasteiger partial charge in [0.05, 0.1) is 11.0 Å². The van der Waals surface area contributed by atoms with Crippen molar-refractivity contribution >= 4 is 65.3 Å². The summed E-state index contributed by atoms with van der Waals surface area (Å²) in [6, 6.07) is 62.9. The first-order chi connectivity index (χ1) is 26.6. The van der Waals surface area contributed by atoms with Crippen LogP contribution in [-0.2, 0) is 5.41 Å². The second-order valence-corrected chi connectivity index (χ2v) is 15.6. The van der Waals surface area contributed by atoms with E-state index in [1.165, 1.54) is 93.1 Å². The fraction of sp³-hybridized carbons (Fsp3) is 0.0769. The minimum absolute atomic E-state index is 0.0586. The zero-order valence-electron chi connectivity index (χ0n) is 30.1. The summed E-state index contributed by atoms with van der Waals surface area (Å²) in [6.45, 7) is 4.73. The molecule has 0 saturated heterocycles. The second-order valence-electron chi connectivity index (χ2n) is 15.6. The lowest BCUT2D eigenvalue weighted by molar-refractivity contribution is 0.659. The van der Waals surface area contributed by atoms with Crippen LogP contribution in [0.3, 0.4) is 0 Å². The van der Waals surface area contributed by atoms with E-state index in [1.807, 2.05) is 0 Å². The fourth-order valence-corrected chi connectivity index (χ4v) is 10.1. The Morgan fingerprint density at radius 3 is 1.85 bits per heavy atom. The first kappa shape index (κ1) is 29.9. The van der Waals surface area contributed by atoms with Crippen LogP contribution in [0.1, 0.15) is 47.6 Å². The van der Waals surface area contributed by atoms with E-state index < -0.39 is 0 Å². The average molecular weight is 690 g/mol. The molecular weight excluding hydrogens is 655 g/mol. The smallest absolute Gasteiger partial charge is 0.136 e. The van der Waals surface area contributed by atoms with E-state index in [9.17, 15) is 0 Å². The summed E-state index contributed by atoms with van der Waals surface area (Å²) in [5, 5.41) is 9.89. The van der Waals surface area contributed by atoms with Crippen LogP contribution in [0.15, 0.2) is 174 Å². The Hall–Kier alpha value is -6.64. The van der Waals surface area contributed by atoms with Gasteiger partial charge in [0.2, 0.25) is 0 Å². The van der Waals surface area contributed by atoms with Crippen molar-refractivity contribution in [2.45, 2.75) is 25.2 Å². The molecule has 54 heavy (non-hydrogen) atoms. The summed E-state index contributed by atoms with van der Waals surface area (Å²) in [6.07, 6.45) is 0. The van der Waals surface area contributed by atoms with Gasteiger partial charge in [-0.2, -0.15) is 0 Å². The Labute approximate surface area is 312 Å². The molecule has 1 atom stereocenters. The molecule has 0 saturated carbocycles. The van der Waals surface area contributed by atoms with E-state index >= 15 is 0 Å². The molecule has 0 amide bonds. The summed E-state index contributed by atoms with van der Waals surface area (Å²) in [5.41, 5.74) is 14.7. The summed E-state index contributed by atoms with van der Waals surface area (Å²) in [7, 11) is 0. The third-order valence-electron chi connectivity index (χ3n) is 12.5. The third kappa shape index (κ3) is 3.90. The van der Waals surface area contributed by atoms with Gasteiger partial charge in [0.1, 0.15) is 11.2 Å². The number of furan rings is 1. The number of rotatable bonds is 4. The lowest BCUT2D eigenvalue weighted by Crippen LogP contribution is -2.15. The lowest BCUT2D eigenvalue weighted by atomic mass is 9.79. The highest BCUT2D eigenvalue weighted by molar-refractivity contribution is 6.38. The van der Waals surface area contributed by atoms with Gasteiger partial charge in [-0.15, -0.1) is 0 Å². The first-order valence-electron chi connectivity index (χ1n) is 19.0. The summed E-state index contributed by atoms with van der Waals surface area (Å²) >= 11 is 0. The predicted octanol–water partition coefficient (Wildman–Crippen LogP) is 13.9. The minimum atomic E-state index is -0.0586. The molecule has 1 aliphatic carbocycles. The van der Waals surface area contributed by atoms with Gasteiger partial charge in [0.25, 0.3) is 0 Å². The number of aromatic nitrogens is 1. The van der Waals surface area contributed by atoms with Crippen molar-refractivity contribution in [1.29, 1.82) is 0 Å². The monoisotopic (exact) mass is 689 g/mol. The maximum absolute atomic E-state index is 6.58. The Bertz CT molecular complexity index is 3290. The highest BCUT2D eigenvalue weighted by Crippen LogP contribution is 2.50. The van der Waals surface area contributed by atoms with Crippen molar-refractivity contribution in [2.24, 2.45) is 0 Å². The summed E-state index contributed by atoms with van der Waals surface area (Å²) in [4.78, 5) is 0. The number of fused-ring (bicyclic) bond motifs is 6. The van der Waals surface area contributed by atoms with Gasteiger partial charge in [0, 0.05) is 38.6 Å².